The van der Waals surface area contributed by atoms with Crippen LogP contribution >= 0.6 is 82.6 Å². The van der Waals surface area contributed by atoms with Crippen LogP contribution in [0, 0.1) is 0 Å². The lowest BCUT2D eigenvalue weighted by molar-refractivity contribution is 0.453. The number of nitrogens with zero attached hydrogens (tertiary/aromatic N) is 12. The molecule has 10 rings (SSSR count). The average Bonchev–Trinajstić information content (AvgIpc) is 4.11. The number of rotatable bonds is 3. The minimum absolute atomic E-state index is 0.0311. The molecular formula is C52H58BBr3Cl3N12O2. The SMILES string of the molecule is Brc1ccn2nccc2c1.CC(C)(C)Br.CC(C)(C)c1cnn2ccc(-c3ccnc(Cl)n3)cc12.CC(C)(C)c1cnn2ccc(Br)cc12.CC(C)(C)c1cnn2ccc(O[B]O)cc12.Clc1ccnc(Cl)n1. The predicted octanol–water partition coefficient (Wildman–Crippen LogP) is 14.7. The Hall–Kier alpha value is -4.95. The normalized spacial score (nSPS) is 11.5. The van der Waals surface area contributed by atoms with Crippen molar-refractivity contribution in [2.75, 3.05) is 0 Å². The Morgan fingerprint density at radius 2 is 0.973 bits per heavy atom. The molecule has 21 heteroatoms. The molecule has 0 saturated carbocycles. The zero-order chi connectivity index (χ0) is 53.9. The van der Waals surface area contributed by atoms with E-state index in [1.165, 1.54) is 22.8 Å². The molecule has 0 atom stereocenters. The highest BCUT2D eigenvalue weighted by Gasteiger charge is 2.21. The zero-order valence-corrected chi connectivity index (χ0v) is 49.7. The van der Waals surface area contributed by atoms with E-state index in [9.17, 15) is 0 Å². The summed E-state index contributed by atoms with van der Waals surface area (Å²) in [7, 11) is 0.680. The molecule has 10 aromatic rings. The van der Waals surface area contributed by atoms with Gasteiger partial charge in [-0.05, 0) is 100 Å². The van der Waals surface area contributed by atoms with Crippen molar-refractivity contribution >= 4 is 112 Å². The van der Waals surface area contributed by atoms with Crippen molar-refractivity contribution in [3.05, 3.63) is 170 Å². The number of aromatic nitrogens is 12. The number of alkyl halides is 1. The van der Waals surface area contributed by atoms with Crippen LogP contribution in [0.4, 0.5) is 0 Å². The molecule has 1 radical (unpaired) electrons. The van der Waals surface area contributed by atoms with Gasteiger partial charge in [0.15, 0.2) is 0 Å². The van der Waals surface area contributed by atoms with Crippen molar-refractivity contribution in [3.8, 4) is 17.0 Å². The maximum Gasteiger partial charge on any atom is 0.569 e. The lowest BCUT2D eigenvalue weighted by Gasteiger charge is -2.16. The third kappa shape index (κ3) is 18.1. The first-order valence-electron chi connectivity index (χ1n) is 22.7. The van der Waals surface area contributed by atoms with Gasteiger partial charge in [0.1, 0.15) is 10.9 Å². The number of pyridine rings is 4. The van der Waals surface area contributed by atoms with Crippen molar-refractivity contribution < 1.29 is 9.68 Å². The van der Waals surface area contributed by atoms with Crippen molar-refractivity contribution in [1.82, 2.24) is 58.4 Å². The summed E-state index contributed by atoms with van der Waals surface area (Å²) in [5, 5.41) is 26.5. The second-order valence-electron chi connectivity index (χ2n) is 20.2. The summed E-state index contributed by atoms with van der Waals surface area (Å²) in [6, 6.07) is 21.1. The molecule has 0 aliphatic carbocycles. The maximum absolute atomic E-state index is 8.60. The van der Waals surface area contributed by atoms with Gasteiger partial charge >= 0.3 is 7.69 Å². The molecule has 0 fully saturated rings. The standard InChI is InChI=1S/C15H15ClN4.C11H14BN2O2.C11H13BrN2.C7H5BrN2.C4H9Br.C4H2Cl2N2/c1-15(2,3)11-9-18-20-7-5-10(8-13(11)20)12-4-6-17-14(16)19-12;1-11(2,3)9-7-13-14-5-4-8(16-12-15)6-10(9)14;1-11(2,3)9-7-13-14-5-4-8(12)6-10(9)14;8-6-2-4-10-7(5-6)1-3-9-10;1-4(2,3)5;5-3-1-2-7-4(6)8-3/h4-9H,1-3H3;4-7,15H,1-3H3;4-7H,1-3H3;1-5H;1-3H3;1-2H. The molecule has 0 unspecified atom stereocenters. The Labute approximate surface area is 467 Å². The molecule has 0 aliphatic rings. The van der Waals surface area contributed by atoms with Crippen LogP contribution in [0.3, 0.4) is 0 Å². The van der Waals surface area contributed by atoms with Gasteiger partial charge in [-0.15, -0.1) is 0 Å². The topological polar surface area (TPSA) is 150 Å². The fourth-order valence-corrected chi connectivity index (χ4v) is 7.79. The van der Waals surface area contributed by atoms with Gasteiger partial charge in [0, 0.05) is 85.0 Å². The summed E-state index contributed by atoms with van der Waals surface area (Å²) < 4.78 is 14.8. The van der Waals surface area contributed by atoms with Crippen molar-refractivity contribution in [2.24, 2.45) is 0 Å². The number of fused-ring (bicyclic) bond motifs is 4. The molecule has 14 nitrogen and oxygen atoms in total. The average molecular weight is 1240 g/mol. The third-order valence-electron chi connectivity index (χ3n) is 9.99. The predicted molar refractivity (Wildman–Crippen MR) is 308 cm³/mol. The summed E-state index contributed by atoms with van der Waals surface area (Å²) >= 11 is 26.8. The van der Waals surface area contributed by atoms with Gasteiger partial charge in [0.2, 0.25) is 10.6 Å². The van der Waals surface area contributed by atoms with Gasteiger partial charge in [-0.2, -0.15) is 20.4 Å². The summed E-state index contributed by atoms with van der Waals surface area (Å²) in [6.07, 6.45) is 18.3. The highest BCUT2D eigenvalue weighted by molar-refractivity contribution is 9.11. The Bertz CT molecular complexity index is 3350. The van der Waals surface area contributed by atoms with E-state index in [0.717, 1.165) is 42.3 Å². The number of hydrogen-bond donors (Lipinski definition) is 1. The molecule has 0 saturated heterocycles. The molecule has 383 valence electrons. The first kappa shape index (κ1) is 58.9. The third-order valence-corrected chi connectivity index (χ3v) is 11.5. The minimum Gasteiger partial charge on any atom is -0.537 e. The van der Waals surface area contributed by atoms with Crippen LogP contribution in [-0.2, 0) is 16.2 Å². The highest BCUT2D eigenvalue weighted by atomic mass is 79.9. The molecule has 0 aliphatic heterocycles. The lowest BCUT2D eigenvalue weighted by atomic mass is 9.88. The van der Waals surface area contributed by atoms with E-state index in [1.54, 1.807) is 29.0 Å². The molecule has 10 aromatic heterocycles. The molecule has 0 amide bonds. The van der Waals surface area contributed by atoms with Crippen LogP contribution < -0.4 is 4.65 Å². The van der Waals surface area contributed by atoms with Gasteiger partial charge < -0.3 is 9.68 Å². The van der Waals surface area contributed by atoms with E-state index in [-0.39, 0.29) is 26.8 Å². The molecule has 0 aromatic carbocycles. The van der Waals surface area contributed by atoms with E-state index in [4.69, 9.17) is 44.5 Å². The van der Waals surface area contributed by atoms with E-state index < -0.39 is 0 Å². The van der Waals surface area contributed by atoms with Gasteiger partial charge in [-0.1, -0.05) is 142 Å². The Balaban J connectivity index is 0.000000170. The zero-order valence-electron chi connectivity index (χ0n) is 42.7. The lowest BCUT2D eigenvalue weighted by Crippen LogP contribution is -2.10. The van der Waals surface area contributed by atoms with E-state index in [2.05, 4.69) is 183 Å². The second kappa shape index (κ2) is 25.5. The van der Waals surface area contributed by atoms with Gasteiger partial charge in [0.25, 0.3) is 0 Å². The van der Waals surface area contributed by atoms with Crippen LogP contribution in [0.2, 0.25) is 15.7 Å². The van der Waals surface area contributed by atoms with Crippen molar-refractivity contribution in [3.63, 3.8) is 0 Å². The number of halogens is 6. The maximum atomic E-state index is 8.60. The van der Waals surface area contributed by atoms with Gasteiger partial charge in [0.05, 0.1) is 46.4 Å². The van der Waals surface area contributed by atoms with Crippen LogP contribution in [0.1, 0.15) is 99.8 Å². The minimum atomic E-state index is 0.0311. The van der Waals surface area contributed by atoms with Crippen molar-refractivity contribution in [1.29, 1.82) is 0 Å². The van der Waals surface area contributed by atoms with Crippen molar-refractivity contribution in [2.45, 2.75) is 104 Å². The molecular weight excluding hydrogens is 1180 g/mol. The quantitative estimate of drug-likeness (QED) is 0.0784. The van der Waals surface area contributed by atoms with Gasteiger partial charge in [-0.3, -0.25) is 0 Å². The summed E-state index contributed by atoms with van der Waals surface area (Å²) in [5.41, 5.74) is 10.0. The fourth-order valence-electron chi connectivity index (χ4n) is 6.63. The molecule has 1 N–H and O–H groups in total. The second-order valence-corrected chi connectivity index (χ2v) is 25.5. The first-order chi connectivity index (χ1) is 34.1. The van der Waals surface area contributed by atoms with E-state index in [1.807, 2.05) is 99.4 Å². The molecule has 73 heavy (non-hydrogen) atoms. The molecule has 10 heterocycles. The van der Waals surface area contributed by atoms with Crippen LogP contribution in [-0.4, -0.2) is 75.4 Å². The fraction of sp³-hybridized carbons (Fsp3) is 0.308. The van der Waals surface area contributed by atoms with Crippen LogP contribution in [0.25, 0.3) is 33.3 Å². The van der Waals surface area contributed by atoms with Crippen LogP contribution in [0.5, 0.6) is 5.75 Å². The van der Waals surface area contributed by atoms with E-state index in [0.29, 0.717) is 22.9 Å². The number of hydrogen-bond acceptors (Lipinski definition) is 10. The van der Waals surface area contributed by atoms with Gasteiger partial charge in [-0.25, -0.2) is 38.0 Å². The summed E-state index contributed by atoms with van der Waals surface area (Å²) in [5.74, 6) is 0.598. The Morgan fingerprint density at radius 1 is 0.521 bits per heavy atom. The monoisotopic (exact) mass is 1240 g/mol. The Kier molecular flexibility index (Phi) is 20.6. The smallest absolute Gasteiger partial charge is 0.537 e. The molecule has 0 bridgehead atoms. The summed E-state index contributed by atoms with van der Waals surface area (Å²) in [6.45, 7) is 25.9. The van der Waals surface area contributed by atoms with E-state index >= 15 is 0 Å². The summed E-state index contributed by atoms with van der Waals surface area (Å²) in [4.78, 5) is 15.4. The largest absolute Gasteiger partial charge is 0.569 e. The first-order valence-corrected chi connectivity index (χ1v) is 26.2. The highest BCUT2D eigenvalue weighted by Crippen LogP contribution is 2.31. The Morgan fingerprint density at radius 3 is 1.45 bits per heavy atom. The molecule has 0 spiro atoms. The van der Waals surface area contributed by atoms with Crippen LogP contribution in [0.15, 0.2) is 138 Å².